The lowest BCUT2D eigenvalue weighted by atomic mass is 10.1. The maximum absolute atomic E-state index is 11.1. The lowest BCUT2D eigenvalue weighted by Crippen LogP contribution is -2.29. The molecule has 0 amide bonds. The molecule has 0 bridgehead atoms. The molecule has 1 aromatic rings. The second-order valence-electron chi connectivity index (χ2n) is 2.94. The molecule has 0 atom stereocenters. The highest BCUT2D eigenvalue weighted by molar-refractivity contribution is 7.98. The SMILES string of the molecule is CSc1nc(=O)[nH]c2c1CNCC2. The lowest BCUT2D eigenvalue weighted by molar-refractivity contribution is 0.606. The van der Waals surface area contributed by atoms with Gasteiger partial charge in [0.05, 0.1) is 0 Å². The van der Waals surface area contributed by atoms with Gasteiger partial charge in [0.2, 0.25) is 0 Å². The van der Waals surface area contributed by atoms with Crippen LogP contribution in [0.4, 0.5) is 0 Å². The predicted molar refractivity (Wildman–Crippen MR) is 52.0 cm³/mol. The van der Waals surface area contributed by atoms with Crippen molar-refractivity contribution in [3.8, 4) is 0 Å². The molecule has 1 aliphatic heterocycles. The van der Waals surface area contributed by atoms with Gasteiger partial charge in [-0.05, 0) is 6.26 Å². The van der Waals surface area contributed by atoms with Crippen molar-refractivity contribution >= 4 is 11.8 Å². The zero-order chi connectivity index (χ0) is 9.26. The topological polar surface area (TPSA) is 57.8 Å². The van der Waals surface area contributed by atoms with Crippen molar-refractivity contribution in [1.29, 1.82) is 0 Å². The Hall–Kier alpha value is -0.810. The van der Waals surface area contributed by atoms with Crippen molar-refractivity contribution in [1.82, 2.24) is 15.3 Å². The number of aromatic nitrogens is 2. The molecule has 4 nitrogen and oxygen atoms in total. The van der Waals surface area contributed by atoms with E-state index in [1.807, 2.05) is 6.26 Å². The molecular weight excluding hydrogens is 186 g/mol. The first-order valence-electron chi connectivity index (χ1n) is 4.18. The average molecular weight is 197 g/mol. The molecule has 0 aromatic carbocycles. The fourth-order valence-corrected chi connectivity index (χ4v) is 2.13. The van der Waals surface area contributed by atoms with E-state index >= 15 is 0 Å². The van der Waals surface area contributed by atoms with E-state index in [1.54, 1.807) is 0 Å². The van der Waals surface area contributed by atoms with Gasteiger partial charge in [0, 0.05) is 30.8 Å². The van der Waals surface area contributed by atoms with Gasteiger partial charge in [-0.1, -0.05) is 0 Å². The minimum absolute atomic E-state index is 0.231. The van der Waals surface area contributed by atoms with Crippen LogP contribution in [0.25, 0.3) is 0 Å². The number of rotatable bonds is 1. The normalized spacial score (nSPS) is 15.5. The van der Waals surface area contributed by atoms with Crippen LogP contribution in [-0.2, 0) is 13.0 Å². The van der Waals surface area contributed by atoms with Crippen LogP contribution >= 0.6 is 11.8 Å². The quantitative estimate of drug-likeness (QED) is 0.496. The van der Waals surface area contributed by atoms with Crippen molar-refractivity contribution in [2.24, 2.45) is 0 Å². The number of H-pyrrole nitrogens is 1. The van der Waals surface area contributed by atoms with Gasteiger partial charge in [-0.2, -0.15) is 4.98 Å². The average Bonchev–Trinajstić information content (AvgIpc) is 2.16. The fraction of sp³-hybridized carbons (Fsp3) is 0.500. The maximum atomic E-state index is 11.1. The van der Waals surface area contributed by atoms with E-state index in [9.17, 15) is 4.79 Å². The first-order chi connectivity index (χ1) is 6.31. The van der Waals surface area contributed by atoms with Crippen LogP contribution in [-0.4, -0.2) is 22.8 Å². The Morgan fingerprint density at radius 2 is 2.38 bits per heavy atom. The molecule has 1 aromatic heterocycles. The van der Waals surface area contributed by atoms with Crippen LogP contribution < -0.4 is 11.0 Å². The molecule has 70 valence electrons. The van der Waals surface area contributed by atoms with E-state index in [-0.39, 0.29) is 5.69 Å². The summed E-state index contributed by atoms with van der Waals surface area (Å²) in [4.78, 5) is 17.8. The highest BCUT2D eigenvalue weighted by Gasteiger charge is 2.14. The summed E-state index contributed by atoms with van der Waals surface area (Å²) < 4.78 is 0. The summed E-state index contributed by atoms with van der Waals surface area (Å²) in [5, 5.41) is 4.11. The molecule has 1 aliphatic rings. The Kier molecular flexibility index (Phi) is 2.37. The number of hydrogen-bond acceptors (Lipinski definition) is 4. The standard InChI is InChI=1S/C8H11N3OS/c1-13-7-5-4-9-3-2-6(5)10-8(12)11-7/h9H,2-4H2,1H3,(H,10,11,12). The van der Waals surface area contributed by atoms with Crippen molar-refractivity contribution < 1.29 is 0 Å². The number of thioether (sulfide) groups is 1. The third-order valence-corrected chi connectivity index (χ3v) is 2.85. The van der Waals surface area contributed by atoms with E-state index in [1.165, 1.54) is 11.8 Å². The molecule has 0 fully saturated rings. The molecule has 0 radical (unpaired) electrons. The smallest absolute Gasteiger partial charge is 0.312 e. The number of aromatic amines is 1. The second kappa shape index (κ2) is 3.51. The van der Waals surface area contributed by atoms with Gasteiger partial charge in [0.15, 0.2) is 0 Å². The summed E-state index contributed by atoms with van der Waals surface area (Å²) in [6, 6.07) is 0. The van der Waals surface area contributed by atoms with Gasteiger partial charge in [-0.3, -0.25) is 0 Å². The van der Waals surface area contributed by atoms with Crippen LogP contribution in [0.1, 0.15) is 11.3 Å². The minimum Gasteiger partial charge on any atom is -0.312 e. The van der Waals surface area contributed by atoms with Crippen LogP contribution in [0.15, 0.2) is 9.82 Å². The summed E-state index contributed by atoms with van der Waals surface area (Å²) in [5.41, 5.74) is 1.96. The van der Waals surface area contributed by atoms with Gasteiger partial charge in [0.1, 0.15) is 5.03 Å². The van der Waals surface area contributed by atoms with Crippen LogP contribution in [0.5, 0.6) is 0 Å². The highest BCUT2D eigenvalue weighted by Crippen LogP contribution is 2.20. The monoisotopic (exact) mass is 197 g/mol. The maximum Gasteiger partial charge on any atom is 0.346 e. The molecular formula is C8H11N3OS. The van der Waals surface area contributed by atoms with Gasteiger partial charge in [0.25, 0.3) is 0 Å². The number of fused-ring (bicyclic) bond motifs is 1. The van der Waals surface area contributed by atoms with Crippen LogP contribution in [0.3, 0.4) is 0 Å². The zero-order valence-electron chi connectivity index (χ0n) is 7.39. The third kappa shape index (κ3) is 1.62. The Morgan fingerprint density at radius 3 is 3.15 bits per heavy atom. The molecule has 2 rings (SSSR count). The van der Waals surface area contributed by atoms with Crippen molar-refractivity contribution in [2.75, 3.05) is 12.8 Å². The predicted octanol–water partition coefficient (Wildman–Crippen LogP) is 0.138. The summed E-state index contributed by atoms with van der Waals surface area (Å²) in [5.74, 6) is 0. The summed E-state index contributed by atoms with van der Waals surface area (Å²) in [6.07, 6.45) is 2.83. The van der Waals surface area contributed by atoms with Crippen LogP contribution in [0.2, 0.25) is 0 Å². The highest BCUT2D eigenvalue weighted by atomic mass is 32.2. The van der Waals surface area contributed by atoms with E-state index in [0.717, 1.165) is 35.8 Å². The number of hydrogen-bond donors (Lipinski definition) is 2. The van der Waals surface area contributed by atoms with E-state index in [0.29, 0.717) is 0 Å². The Morgan fingerprint density at radius 1 is 1.54 bits per heavy atom. The summed E-state index contributed by atoms with van der Waals surface area (Å²) in [7, 11) is 0. The van der Waals surface area contributed by atoms with E-state index < -0.39 is 0 Å². The second-order valence-corrected chi connectivity index (χ2v) is 3.73. The summed E-state index contributed by atoms with van der Waals surface area (Å²) in [6.45, 7) is 1.75. The Labute approximate surface area is 80.2 Å². The summed E-state index contributed by atoms with van der Waals surface area (Å²) >= 11 is 1.53. The largest absolute Gasteiger partial charge is 0.346 e. The van der Waals surface area contributed by atoms with E-state index in [2.05, 4.69) is 15.3 Å². The van der Waals surface area contributed by atoms with Crippen molar-refractivity contribution in [2.45, 2.75) is 18.0 Å². The van der Waals surface area contributed by atoms with Gasteiger partial charge in [-0.25, -0.2) is 4.79 Å². The third-order valence-electron chi connectivity index (χ3n) is 2.13. The zero-order valence-corrected chi connectivity index (χ0v) is 8.20. The van der Waals surface area contributed by atoms with Gasteiger partial charge >= 0.3 is 5.69 Å². The molecule has 0 saturated heterocycles. The fourth-order valence-electron chi connectivity index (χ4n) is 1.51. The van der Waals surface area contributed by atoms with Gasteiger partial charge in [-0.15, -0.1) is 11.8 Å². The molecule has 0 unspecified atom stereocenters. The molecule has 2 heterocycles. The molecule has 0 aliphatic carbocycles. The van der Waals surface area contributed by atoms with Crippen LogP contribution in [0, 0.1) is 0 Å². The number of nitrogens with one attached hydrogen (secondary N) is 2. The van der Waals surface area contributed by atoms with Gasteiger partial charge < -0.3 is 10.3 Å². The first-order valence-corrected chi connectivity index (χ1v) is 5.40. The van der Waals surface area contributed by atoms with Crippen molar-refractivity contribution in [3.63, 3.8) is 0 Å². The number of nitrogens with zero attached hydrogens (tertiary/aromatic N) is 1. The lowest BCUT2D eigenvalue weighted by Gasteiger charge is -2.17. The van der Waals surface area contributed by atoms with Crippen molar-refractivity contribution in [3.05, 3.63) is 21.7 Å². The molecule has 5 heteroatoms. The Bertz CT molecular complexity index is 354. The molecule has 0 spiro atoms. The Balaban J connectivity index is 2.57. The molecule has 2 N–H and O–H groups in total. The minimum atomic E-state index is -0.231. The first kappa shape index (κ1) is 8.77. The molecule has 0 saturated carbocycles. The van der Waals surface area contributed by atoms with E-state index in [4.69, 9.17) is 0 Å². The molecule has 13 heavy (non-hydrogen) atoms.